The molecule has 1 aromatic rings. The number of benzene rings is 1. The molecule has 1 aromatic carbocycles. The van der Waals surface area contributed by atoms with Crippen LogP contribution in [0, 0.1) is 5.92 Å². The fourth-order valence-electron chi connectivity index (χ4n) is 2.48. The van der Waals surface area contributed by atoms with E-state index in [1.54, 1.807) is 24.3 Å². The van der Waals surface area contributed by atoms with Gasteiger partial charge >= 0.3 is 0 Å². The lowest BCUT2D eigenvalue weighted by Crippen LogP contribution is -2.40. The SMILES string of the molecule is CCC(C)C1(O)CCS(=O)(=O)c2ccccc21. The number of hydrogen-bond donors (Lipinski definition) is 1. The van der Waals surface area contributed by atoms with E-state index in [1.807, 2.05) is 13.8 Å². The van der Waals surface area contributed by atoms with Crippen molar-refractivity contribution in [2.45, 2.75) is 37.2 Å². The van der Waals surface area contributed by atoms with Crippen LogP contribution in [0.2, 0.25) is 0 Å². The average Bonchev–Trinajstić information content (AvgIpc) is 2.34. The first-order chi connectivity index (χ1) is 7.92. The second-order valence-corrected chi connectivity index (χ2v) is 6.88. The summed E-state index contributed by atoms with van der Waals surface area (Å²) in [6.07, 6.45) is 1.12. The van der Waals surface area contributed by atoms with Gasteiger partial charge in [0.2, 0.25) is 0 Å². The van der Waals surface area contributed by atoms with Crippen LogP contribution in [-0.2, 0) is 15.4 Å². The summed E-state index contributed by atoms with van der Waals surface area (Å²) in [6.45, 7) is 3.98. The van der Waals surface area contributed by atoms with Crippen LogP contribution >= 0.6 is 0 Å². The van der Waals surface area contributed by atoms with Gasteiger partial charge in [-0.2, -0.15) is 0 Å². The molecule has 1 N–H and O–H groups in total. The minimum absolute atomic E-state index is 0.0326. The summed E-state index contributed by atoms with van der Waals surface area (Å²) in [6, 6.07) is 6.82. The number of fused-ring (bicyclic) bond motifs is 1. The normalized spacial score (nSPS) is 28.4. The Morgan fingerprint density at radius 1 is 1.41 bits per heavy atom. The second-order valence-electron chi connectivity index (χ2n) is 4.80. The first-order valence-corrected chi connectivity index (χ1v) is 7.61. The van der Waals surface area contributed by atoms with Gasteiger partial charge in [-0.15, -0.1) is 0 Å². The molecule has 0 saturated carbocycles. The van der Waals surface area contributed by atoms with Gasteiger partial charge in [0.25, 0.3) is 0 Å². The molecule has 1 heterocycles. The zero-order valence-corrected chi connectivity index (χ0v) is 11.0. The van der Waals surface area contributed by atoms with E-state index < -0.39 is 15.4 Å². The molecule has 1 aliphatic rings. The van der Waals surface area contributed by atoms with E-state index in [-0.39, 0.29) is 11.7 Å². The fraction of sp³-hybridized carbons (Fsp3) is 0.538. The highest BCUT2D eigenvalue weighted by molar-refractivity contribution is 7.91. The van der Waals surface area contributed by atoms with Crippen molar-refractivity contribution >= 4 is 9.84 Å². The van der Waals surface area contributed by atoms with Crippen LogP contribution < -0.4 is 0 Å². The van der Waals surface area contributed by atoms with E-state index in [0.29, 0.717) is 16.9 Å². The lowest BCUT2D eigenvalue weighted by Gasteiger charge is -2.38. The molecule has 0 amide bonds. The molecular formula is C13H18O3S. The van der Waals surface area contributed by atoms with Gasteiger partial charge in [0.1, 0.15) is 0 Å². The van der Waals surface area contributed by atoms with Crippen molar-refractivity contribution in [1.82, 2.24) is 0 Å². The zero-order valence-electron chi connectivity index (χ0n) is 10.2. The molecule has 0 aromatic heterocycles. The third-order valence-electron chi connectivity index (χ3n) is 3.87. The van der Waals surface area contributed by atoms with E-state index in [1.165, 1.54) is 0 Å². The molecule has 17 heavy (non-hydrogen) atoms. The standard InChI is InChI=1S/C13H18O3S/c1-3-10(2)13(14)8-9-17(15,16)12-7-5-4-6-11(12)13/h4-7,10,14H,3,8-9H2,1-2H3. The van der Waals surface area contributed by atoms with E-state index >= 15 is 0 Å². The summed E-state index contributed by atoms with van der Waals surface area (Å²) in [5, 5.41) is 10.8. The minimum Gasteiger partial charge on any atom is -0.385 e. The Hall–Kier alpha value is -0.870. The van der Waals surface area contributed by atoms with Crippen LogP contribution in [0.15, 0.2) is 29.2 Å². The molecule has 0 saturated heterocycles. The maximum absolute atomic E-state index is 12.0. The lowest BCUT2D eigenvalue weighted by molar-refractivity contribution is -0.0262. The van der Waals surface area contributed by atoms with Gasteiger partial charge in [0.15, 0.2) is 9.84 Å². The Balaban J connectivity index is 2.64. The molecule has 0 aliphatic carbocycles. The fourth-order valence-corrected chi connectivity index (χ4v) is 4.15. The maximum Gasteiger partial charge on any atom is 0.178 e. The number of hydrogen-bond acceptors (Lipinski definition) is 3. The first-order valence-electron chi connectivity index (χ1n) is 5.96. The van der Waals surface area contributed by atoms with E-state index in [9.17, 15) is 13.5 Å². The van der Waals surface area contributed by atoms with Crippen LogP contribution in [0.4, 0.5) is 0 Å². The molecule has 4 heteroatoms. The number of aliphatic hydroxyl groups is 1. The van der Waals surface area contributed by atoms with Crippen molar-refractivity contribution in [3.8, 4) is 0 Å². The van der Waals surface area contributed by atoms with Crippen LogP contribution in [0.1, 0.15) is 32.3 Å². The molecule has 2 rings (SSSR count). The van der Waals surface area contributed by atoms with Crippen molar-refractivity contribution in [2.24, 2.45) is 5.92 Å². The smallest absolute Gasteiger partial charge is 0.178 e. The largest absolute Gasteiger partial charge is 0.385 e. The predicted octanol–water partition coefficient (Wildman–Crippen LogP) is 2.10. The van der Waals surface area contributed by atoms with Gasteiger partial charge in [-0.25, -0.2) is 8.42 Å². The van der Waals surface area contributed by atoms with Gasteiger partial charge < -0.3 is 5.11 Å². The molecule has 0 radical (unpaired) electrons. The summed E-state index contributed by atoms with van der Waals surface area (Å²) in [7, 11) is -3.21. The third kappa shape index (κ3) is 1.89. The molecule has 2 atom stereocenters. The van der Waals surface area contributed by atoms with E-state index in [2.05, 4.69) is 0 Å². The van der Waals surface area contributed by atoms with Crippen LogP contribution in [0.5, 0.6) is 0 Å². The van der Waals surface area contributed by atoms with E-state index in [0.717, 1.165) is 6.42 Å². The summed E-state index contributed by atoms with van der Waals surface area (Å²) in [4.78, 5) is 0.300. The maximum atomic E-state index is 12.0. The van der Waals surface area contributed by atoms with Gasteiger partial charge in [0, 0.05) is 5.56 Å². The Bertz CT molecular complexity index is 521. The molecule has 1 aliphatic heterocycles. The minimum atomic E-state index is -3.21. The van der Waals surface area contributed by atoms with Gasteiger partial charge in [-0.1, -0.05) is 38.5 Å². The van der Waals surface area contributed by atoms with Crippen molar-refractivity contribution in [2.75, 3.05) is 5.75 Å². The zero-order chi connectivity index (χ0) is 12.7. The molecule has 0 spiro atoms. The first kappa shape index (κ1) is 12.6. The summed E-state index contributed by atoms with van der Waals surface area (Å²) >= 11 is 0. The van der Waals surface area contributed by atoms with Crippen molar-refractivity contribution in [1.29, 1.82) is 0 Å². The Morgan fingerprint density at radius 3 is 2.71 bits per heavy atom. The Morgan fingerprint density at radius 2 is 2.06 bits per heavy atom. The molecular weight excluding hydrogens is 236 g/mol. The van der Waals surface area contributed by atoms with Crippen molar-refractivity contribution in [3.05, 3.63) is 29.8 Å². The third-order valence-corrected chi connectivity index (χ3v) is 5.64. The van der Waals surface area contributed by atoms with Crippen molar-refractivity contribution < 1.29 is 13.5 Å². The average molecular weight is 254 g/mol. The molecule has 0 fully saturated rings. The quantitative estimate of drug-likeness (QED) is 0.879. The predicted molar refractivity (Wildman–Crippen MR) is 66.5 cm³/mol. The highest BCUT2D eigenvalue weighted by Gasteiger charge is 2.43. The highest BCUT2D eigenvalue weighted by Crippen LogP contribution is 2.42. The highest BCUT2D eigenvalue weighted by atomic mass is 32.2. The van der Waals surface area contributed by atoms with Crippen LogP contribution in [0.25, 0.3) is 0 Å². The monoisotopic (exact) mass is 254 g/mol. The lowest BCUT2D eigenvalue weighted by atomic mass is 9.78. The van der Waals surface area contributed by atoms with E-state index in [4.69, 9.17) is 0 Å². The molecule has 0 bridgehead atoms. The van der Waals surface area contributed by atoms with Crippen LogP contribution in [-0.4, -0.2) is 19.3 Å². The molecule has 94 valence electrons. The topological polar surface area (TPSA) is 54.4 Å². The summed E-state index contributed by atoms with van der Waals surface area (Å²) in [5.74, 6) is 0.0874. The van der Waals surface area contributed by atoms with Crippen LogP contribution in [0.3, 0.4) is 0 Å². The Labute approximate surface area is 102 Å². The summed E-state index contributed by atoms with van der Waals surface area (Å²) in [5.41, 5.74) is -0.433. The molecule has 2 unspecified atom stereocenters. The van der Waals surface area contributed by atoms with Gasteiger partial charge in [-0.05, 0) is 18.4 Å². The number of rotatable bonds is 2. The summed E-state index contributed by atoms with van der Waals surface area (Å²) < 4.78 is 23.9. The van der Waals surface area contributed by atoms with Gasteiger partial charge in [0.05, 0.1) is 16.2 Å². The van der Waals surface area contributed by atoms with Crippen molar-refractivity contribution in [3.63, 3.8) is 0 Å². The molecule has 3 nitrogen and oxygen atoms in total. The number of sulfone groups is 1. The Kier molecular flexibility index (Phi) is 3.04. The second kappa shape index (κ2) is 4.10. The van der Waals surface area contributed by atoms with Gasteiger partial charge in [-0.3, -0.25) is 0 Å².